The highest BCUT2D eigenvalue weighted by atomic mass is 35.5. The second kappa shape index (κ2) is 7.73. The first-order valence-corrected chi connectivity index (χ1v) is 11.8. The lowest BCUT2D eigenvalue weighted by atomic mass is 10.1. The van der Waals surface area contributed by atoms with E-state index in [4.69, 9.17) is 27.9 Å². The zero-order valence-electron chi connectivity index (χ0n) is 16.1. The molecule has 2 aromatic heterocycles. The Bertz CT molecular complexity index is 1380. The Morgan fingerprint density at radius 1 is 1.13 bits per heavy atom. The predicted octanol–water partition coefficient (Wildman–Crippen LogP) is 5.19. The number of sulfonamides is 1. The quantitative estimate of drug-likeness (QED) is 0.422. The molecule has 0 bridgehead atoms. The topological polar surface area (TPSA) is 85.6 Å². The molecular weight excluding hydrogens is 467 g/mol. The Morgan fingerprint density at radius 3 is 2.57 bits per heavy atom. The fourth-order valence-corrected chi connectivity index (χ4v) is 5.42. The van der Waals surface area contributed by atoms with Crippen molar-refractivity contribution < 1.29 is 13.2 Å². The van der Waals surface area contributed by atoms with Crippen LogP contribution in [0.3, 0.4) is 0 Å². The Kier molecular flexibility index (Phi) is 5.39. The summed E-state index contributed by atoms with van der Waals surface area (Å²) in [6.45, 7) is 3.72. The zero-order valence-corrected chi connectivity index (χ0v) is 19.2. The van der Waals surface area contributed by atoms with Crippen molar-refractivity contribution in [3.8, 4) is 17.0 Å². The van der Waals surface area contributed by atoms with E-state index in [2.05, 4.69) is 14.8 Å². The highest BCUT2D eigenvalue weighted by Crippen LogP contribution is 2.34. The van der Waals surface area contributed by atoms with Crippen molar-refractivity contribution >= 4 is 55.5 Å². The Labute approximate surface area is 187 Å². The number of methoxy groups -OCH3 is 1. The van der Waals surface area contributed by atoms with Gasteiger partial charge < -0.3 is 4.74 Å². The molecule has 4 aromatic rings. The summed E-state index contributed by atoms with van der Waals surface area (Å²) in [5.41, 5.74) is 3.14. The van der Waals surface area contributed by atoms with Gasteiger partial charge in [0.15, 0.2) is 0 Å². The molecule has 1 N–H and O–H groups in total. The second-order valence-corrected chi connectivity index (χ2v) is 9.90. The standard InChI is InChI=1S/C19H16Cl2N4O3S2/c1-10-6-16(28-3)17(7-11(10)2)30(26,27)24-18-22-19-25(23-18)15(9-29-19)13-5-4-12(20)8-14(13)21/h4-9H,1-3H3,(H,23,24). The zero-order chi connectivity index (χ0) is 21.6. The van der Waals surface area contributed by atoms with E-state index >= 15 is 0 Å². The average Bonchev–Trinajstić information content (AvgIpc) is 3.23. The van der Waals surface area contributed by atoms with Gasteiger partial charge in [0, 0.05) is 16.0 Å². The highest BCUT2D eigenvalue weighted by molar-refractivity contribution is 7.92. The number of anilines is 1. The van der Waals surface area contributed by atoms with E-state index in [1.54, 1.807) is 30.3 Å². The molecule has 30 heavy (non-hydrogen) atoms. The SMILES string of the molecule is COc1cc(C)c(C)cc1S(=O)(=O)Nc1nc2scc(-c3ccc(Cl)cc3Cl)n2n1. The maximum Gasteiger partial charge on any atom is 0.267 e. The summed E-state index contributed by atoms with van der Waals surface area (Å²) in [6.07, 6.45) is 0. The number of halogens is 2. The third kappa shape index (κ3) is 3.74. The number of ether oxygens (including phenoxy) is 1. The summed E-state index contributed by atoms with van der Waals surface area (Å²) in [5, 5.41) is 7.13. The van der Waals surface area contributed by atoms with Gasteiger partial charge in [-0.05, 0) is 55.3 Å². The third-order valence-electron chi connectivity index (χ3n) is 4.58. The van der Waals surface area contributed by atoms with Crippen molar-refractivity contribution in [2.24, 2.45) is 0 Å². The van der Waals surface area contributed by atoms with Crippen LogP contribution in [0.4, 0.5) is 5.95 Å². The molecule has 0 aliphatic rings. The number of aromatic nitrogens is 3. The minimum absolute atomic E-state index is 0.0206. The van der Waals surface area contributed by atoms with Crippen LogP contribution in [-0.2, 0) is 10.0 Å². The number of thiazole rings is 1. The molecule has 0 saturated heterocycles. The van der Waals surface area contributed by atoms with Crippen LogP contribution >= 0.6 is 34.5 Å². The fourth-order valence-electron chi connectivity index (χ4n) is 2.92. The Balaban J connectivity index is 1.73. The summed E-state index contributed by atoms with van der Waals surface area (Å²) in [4.78, 5) is 4.82. The molecule has 2 heterocycles. The lowest BCUT2D eigenvalue weighted by molar-refractivity contribution is 0.402. The van der Waals surface area contributed by atoms with Gasteiger partial charge in [0.25, 0.3) is 16.0 Å². The Hall–Kier alpha value is -2.33. The first-order chi connectivity index (χ1) is 14.2. The molecule has 0 unspecified atom stereocenters. The predicted molar refractivity (Wildman–Crippen MR) is 120 cm³/mol. The Morgan fingerprint density at radius 2 is 1.87 bits per heavy atom. The molecule has 0 amide bonds. The lowest BCUT2D eigenvalue weighted by Crippen LogP contribution is -2.15. The van der Waals surface area contributed by atoms with Crippen molar-refractivity contribution in [3.05, 3.63) is 56.9 Å². The number of nitrogens with zero attached hydrogens (tertiary/aromatic N) is 3. The van der Waals surface area contributed by atoms with Gasteiger partial charge in [-0.25, -0.2) is 17.7 Å². The molecule has 0 aliphatic heterocycles. The van der Waals surface area contributed by atoms with E-state index in [-0.39, 0.29) is 16.6 Å². The van der Waals surface area contributed by atoms with E-state index in [0.717, 1.165) is 11.1 Å². The lowest BCUT2D eigenvalue weighted by Gasteiger charge is -2.12. The average molecular weight is 483 g/mol. The molecule has 0 radical (unpaired) electrons. The fraction of sp³-hybridized carbons (Fsp3) is 0.158. The number of aryl methyl sites for hydroxylation is 2. The third-order valence-corrected chi connectivity index (χ3v) is 7.30. The van der Waals surface area contributed by atoms with E-state index in [1.807, 2.05) is 19.2 Å². The summed E-state index contributed by atoms with van der Waals surface area (Å²) in [7, 11) is -2.54. The van der Waals surface area contributed by atoms with Crippen LogP contribution in [0.15, 0.2) is 40.6 Å². The molecule has 4 rings (SSSR count). The summed E-state index contributed by atoms with van der Waals surface area (Å²) < 4.78 is 35.2. The van der Waals surface area contributed by atoms with Gasteiger partial charge >= 0.3 is 0 Å². The number of hydrogen-bond acceptors (Lipinski definition) is 6. The van der Waals surface area contributed by atoms with Gasteiger partial charge in [-0.15, -0.1) is 16.4 Å². The maximum atomic E-state index is 13.0. The number of nitrogens with one attached hydrogen (secondary N) is 1. The van der Waals surface area contributed by atoms with Gasteiger partial charge in [0.2, 0.25) is 4.96 Å². The van der Waals surface area contributed by atoms with E-state index < -0.39 is 10.0 Å². The van der Waals surface area contributed by atoms with Crippen LogP contribution in [0.1, 0.15) is 11.1 Å². The molecule has 0 saturated carbocycles. The van der Waals surface area contributed by atoms with Crippen molar-refractivity contribution in [1.29, 1.82) is 0 Å². The number of hydrogen-bond donors (Lipinski definition) is 1. The van der Waals surface area contributed by atoms with Gasteiger partial charge in [-0.1, -0.05) is 23.2 Å². The van der Waals surface area contributed by atoms with E-state index in [0.29, 0.717) is 26.3 Å². The van der Waals surface area contributed by atoms with Crippen LogP contribution in [0, 0.1) is 13.8 Å². The minimum atomic E-state index is -3.96. The van der Waals surface area contributed by atoms with E-state index in [9.17, 15) is 8.42 Å². The first-order valence-electron chi connectivity index (χ1n) is 8.67. The number of benzene rings is 2. The van der Waals surface area contributed by atoms with Crippen LogP contribution in [0.25, 0.3) is 16.2 Å². The second-order valence-electron chi connectivity index (χ2n) is 6.57. The molecule has 156 valence electrons. The molecule has 0 atom stereocenters. The van der Waals surface area contributed by atoms with E-state index in [1.165, 1.54) is 23.0 Å². The molecule has 2 aromatic carbocycles. The summed E-state index contributed by atoms with van der Waals surface area (Å²) >= 11 is 13.6. The van der Waals surface area contributed by atoms with Crippen LogP contribution in [-0.4, -0.2) is 30.1 Å². The number of rotatable bonds is 5. The number of fused-ring (bicyclic) bond motifs is 1. The molecule has 0 aliphatic carbocycles. The summed E-state index contributed by atoms with van der Waals surface area (Å²) in [5.74, 6) is 0.203. The molecule has 0 spiro atoms. The van der Waals surface area contributed by atoms with Gasteiger partial charge in [-0.2, -0.15) is 4.98 Å². The van der Waals surface area contributed by atoms with Crippen molar-refractivity contribution in [2.45, 2.75) is 18.7 Å². The van der Waals surface area contributed by atoms with Crippen LogP contribution < -0.4 is 9.46 Å². The maximum absolute atomic E-state index is 13.0. The van der Waals surface area contributed by atoms with Crippen LogP contribution in [0.5, 0.6) is 5.75 Å². The minimum Gasteiger partial charge on any atom is -0.495 e. The normalized spacial score (nSPS) is 11.8. The van der Waals surface area contributed by atoms with Gasteiger partial charge in [-0.3, -0.25) is 0 Å². The molecule has 0 fully saturated rings. The highest BCUT2D eigenvalue weighted by Gasteiger charge is 2.23. The van der Waals surface area contributed by atoms with Crippen LogP contribution in [0.2, 0.25) is 10.0 Å². The molecule has 7 nitrogen and oxygen atoms in total. The summed E-state index contributed by atoms with van der Waals surface area (Å²) in [6, 6.07) is 8.38. The molecular formula is C19H16Cl2N4O3S2. The smallest absolute Gasteiger partial charge is 0.267 e. The monoisotopic (exact) mass is 482 g/mol. The molecule has 11 heteroatoms. The largest absolute Gasteiger partial charge is 0.495 e. The van der Waals surface area contributed by atoms with Crippen molar-refractivity contribution in [3.63, 3.8) is 0 Å². The first kappa shape index (κ1) is 20.9. The van der Waals surface area contributed by atoms with Gasteiger partial charge in [0.1, 0.15) is 10.6 Å². The van der Waals surface area contributed by atoms with Gasteiger partial charge in [0.05, 0.1) is 17.8 Å². The van der Waals surface area contributed by atoms with Crippen molar-refractivity contribution in [2.75, 3.05) is 11.8 Å². The van der Waals surface area contributed by atoms with Crippen molar-refractivity contribution in [1.82, 2.24) is 14.6 Å².